The Bertz CT molecular complexity index is 455. The third-order valence-electron chi connectivity index (χ3n) is 3.75. The average molecular weight is 222 g/mol. The first-order valence-corrected chi connectivity index (χ1v) is 5.24. The number of aliphatic carboxylic acids is 1. The fourth-order valence-electron chi connectivity index (χ4n) is 2.93. The molecule has 1 aliphatic carbocycles. The summed E-state index contributed by atoms with van der Waals surface area (Å²) < 4.78 is 18.5. The molecule has 2 aliphatic heterocycles. The molecule has 84 valence electrons. The summed E-state index contributed by atoms with van der Waals surface area (Å²) in [6, 6.07) is 6.18. The van der Waals surface area contributed by atoms with E-state index in [1.165, 1.54) is 12.1 Å². The number of benzene rings is 1. The number of fused-ring (bicyclic) bond motifs is 1. The first-order chi connectivity index (χ1) is 7.63. The summed E-state index contributed by atoms with van der Waals surface area (Å²) in [5.74, 6) is -1.70. The second kappa shape index (κ2) is 3.04. The highest BCUT2D eigenvalue weighted by molar-refractivity contribution is 5.76. The summed E-state index contributed by atoms with van der Waals surface area (Å²) in [6.07, 6.45) is 0.494. The van der Waals surface area contributed by atoms with Crippen LogP contribution in [0, 0.1) is 11.7 Å². The number of halogens is 1. The van der Waals surface area contributed by atoms with Gasteiger partial charge >= 0.3 is 5.97 Å². The van der Waals surface area contributed by atoms with Crippen molar-refractivity contribution < 1.29 is 19.0 Å². The van der Waals surface area contributed by atoms with Crippen molar-refractivity contribution in [2.45, 2.75) is 17.9 Å². The zero-order chi connectivity index (χ0) is 11.3. The maximum Gasteiger partial charge on any atom is 0.310 e. The van der Waals surface area contributed by atoms with Gasteiger partial charge in [0.25, 0.3) is 0 Å². The van der Waals surface area contributed by atoms with E-state index in [-0.39, 0.29) is 11.9 Å². The maximum atomic E-state index is 13.1. The third kappa shape index (κ3) is 1.08. The van der Waals surface area contributed by atoms with E-state index in [4.69, 9.17) is 9.84 Å². The van der Waals surface area contributed by atoms with Gasteiger partial charge in [0, 0.05) is 5.41 Å². The van der Waals surface area contributed by atoms with Crippen LogP contribution in [0.2, 0.25) is 0 Å². The minimum absolute atomic E-state index is 0.194. The van der Waals surface area contributed by atoms with Crippen molar-refractivity contribution in [1.29, 1.82) is 0 Å². The summed E-state index contributed by atoms with van der Waals surface area (Å²) in [5.41, 5.74) is 0.243. The minimum Gasteiger partial charge on any atom is -0.481 e. The monoisotopic (exact) mass is 222 g/mol. The fraction of sp³-hybridized carbons (Fsp3) is 0.417. The van der Waals surface area contributed by atoms with E-state index in [0.29, 0.717) is 13.0 Å². The molecule has 3 fully saturated rings. The van der Waals surface area contributed by atoms with Crippen LogP contribution in [-0.4, -0.2) is 23.8 Å². The quantitative estimate of drug-likeness (QED) is 0.826. The molecule has 3 aliphatic rings. The number of carboxylic acids is 1. The Morgan fingerprint density at radius 1 is 1.56 bits per heavy atom. The van der Waals surface area contributed by atoms with Crippen molar-refractivity contribution in [3.63, 3.8) is 0 Å². The molecule has 1 N–H and O–H groups in total. The van der Waals surface area contributed by atoms with Crippen molar-refractivity contribution in [3.05, 3.63) is 35.6 Å². The van der Waals surface area contributed by atoms with Crippen molar-refractivity contribution >= 4 is 5.97 Å². The molecule has 16 heavy (non-hydrogen) atoms. The molecule has 3 atom stereocenters. The van der Waals surface area contributed by atoms with E-state index < -0.39 is 17.3 Å². The van der Waals surface area contributed by atoms with Crippen LogP contribution in [0.15, 0.2) is 24.3 Å². The first kappa shape index (κ1) is 9.78. The molecule has 4 rings (SSSR count). The van der Waals surface area contributed by atoms with E-state index >= 15 is 0 Å². The highest BCUT2D eigenvalue weighted by Crippen LogP contribution is 2.56. The molecule has 0 aromatic heterocycles. The lowest BCUT2D eigenvalue weighted by atomic mass is 9.58. The largest absolute Gasteiger partial charge is 0.481 e. The van der Waals surface area contributed by atoms with Crippen LogP contribution in [0.5, 0.6) is 0 Å². The van der Waals surface area contributed by atoms with Gasteiger partial charge in [-0.1, -0.05) is 12.1 Å². The highest BCUT2D eigenvalue weighted by Gasteiger charge is 2.64. The predicted octanol–water partition coefficient (Wildman–Crippen LogP) is 1.57. The molecular formula is C12H11FO3. The molecule has 0 radical (unpaired) electrons. The molecule has 3 nitrogen and oxygen atoms in total. The fourth-order valence-corrected chi connectivity index (χ4v) is 2.93. The summed E-state index contributed by atoms with van der Waals surface area (Å²) in [7, 11) is 0. The van der Waals surface area contributed by atoms with Gasteiger partial charge in [-0.25, -0.2) is 4.39 Å². The van der Waals surface area contributed by atoms with Crippen LogP contribution >= 0.6 is 0 Å². The van der Waals surface area contributed by atoms with Gasteiger partial charge in [-0.05, 0) is 24.1 Å². The van der Waals surface area contributed by atoms with E-state index in [1.807, 2.05) is 0 Å². The summed E-state index contributed by atoms with van der Waals surface area (Å²) >= 11 is 0. The van der Waals surface area contributed by atoms with E-state index in [1.54, 1.807) is 12.1 Å². The van der Waals surface area contributed by atoms with E-state index in [0.717, 1.165) is 5.56 Å². The molecule has 1 aromatic rings. The number of carboxylic acid groups (broad SMARTS) is 1. The second-order valence-corrected chi connectivity index (χ2v) is 4.54. The Hall–Kier alpha value is -1.42. The highest BCUT2D eigenvalue weighted by atomic mass is 19.1. The molecule has 1 saturated carbocycles. The maximum absolute atomic E-state index is 13.1. The van der Waals surface area contributed by atoms with Crippen molar-refractivity contribution in [1.82, 2.24) is 0 Å². The molecule has 0 spiro atoms. The molecule has 1 aromatic carbocycles. The number of hydrogen-bond acceptors (Lipinski definition) is 2. The van der Waals surface area contributed by atoms with E-state index in [9.17, 15) is 9.18 Å². The number of ether oxygens (including phenoxy) is 1. The zero-order valence-corrected chi connectivity index (χ0v) is 8.52. The first-order valence-electron chi connectivity index (χ1n) is 5.24. The van der Waals surface area contributed by atoms with Gasteiger partial charge in [0.2, 0.25) is 0 Å². The average Bonchev–Trinajstić information content (AvgIpc) is 2.74. The lowest BCUT2D eigenvalue weighted by Crippen LogP contribution is -2.52. The topological polar surface area (TPSA) is 46.5 Å². The normalized spacial score (nSPS) is 35.8. The Labute approximate surface area is 91.8 Å². The van der Waals surface area contributed by atoms with Gasteiger partial charge in [0.15, 0.2) is 0 Å². The Balaban J connectivity index is 2.03. The number of rotatable bonds is 2. The second-order valence-electron chi connectivity index (χ2n) is 4.54. The van der Waals surface area contributed by atoms with Gasteiger partial charge in [-0.2, -0.15) is 0 Å². The van der Waals surface area contributed by atoms with Crippen LogP contribution < -0.4 is 0 Å². The zero-order valence-electron chi connectivity index (χ0n) is 8.52. The lowest BCUT2D eigenvalue weighted by Gasteiger charge is -2.42. The van der Waals surface area contributed by atoms with Crippen LogP contribution in [0.25, 0.3) is 0 Å². The van der Waals surface area contributed by atoms with E-state index in [2.05, 4.69) is 0 Å². The molecular weight excluding hydrogens is 211 g/mol. The number of carbonyl (C=O) groups is 1. The SMILES string of the molecule is O=C(O)C1C2CC1(c1cccc(F)c1)CO2. The molecule has 0 amide bonds. The summed E-state index contributed by atoms with van der Waals surface area (Å²) in [6.45, 7) is 0.387. The predicted molar refractivity (Wildman–Crippen MR) is 53.6 cm³/mol. The van der Waals surface area contributed by atoms with Crippen LogP contribution in [0.3, 0.4) is 0 Å². The Kier molecular flexibility index (Phi) is 1.86. The summed E-state index contributed by atoms with van der Waals surface area (Å²) in [5, 5.41) is 9.14. The van der Waals surface area contributed by atoms with Crippen molar-refractivity contribution in [2.24, 2.45) is 5.92 Å². The molecule has 3 unspecified atom stereocenters. The minimum atomic E-state index is -0.849. The van der Waals surface area contributed by atoms with Crippen LogP contribution in [0.4, 0.5) is 4.39 Å². The molecule has 2 saturated heterocycles. The smallest absolute Gasteiger partial charge is 0.310 e. The molecule has 2 bridgehead atoms. The van der Waals surface area contributed by atoms with Gasteiger partial charge in [0.1, 0.15) is 5.82 Å². The summed E-state index contributed by atoms with van der Waals surface area (Å²) in [4.78, 5) is 11.1. The van der Waals surface area contributed by atoms with Crippen LogP contribution in [0.1, 0.15) is 12.0 Å². The molecule has 2 heterocycles. The van der Waals surface area contributed by atoms with Gasteiger partial charge in [0.05, 0.1) is 18.6 Å². The Morgan fingerprint density at radius 2 is 2.38 bits per heavy atom. The van der Waals surface area contributed by atoms with Crippen molar-refractivity contribution in [2.75, 3.05) is 6.61 Å². The third-order valence-corrected chi connectivity index (χ3v) is 3.75. The standard InChI is InChI=1S/C12H11FO3/c13-8-3-1-2-7(4-8)12-5-9(16-6-12)10(12)11(14)15/h1-4,9-10H,5-6H2,(H,14,15). The van der Waals surface area contributed by atoms with Gasteiger partial charge < -0.3 is 9.84 Å². The van der Waals surface area contributed by atoms with Crippen LogP contribution in [-0.2, 0) is 14.9 Å². The lowest BCUT2D eigenvalue weighted by molar-refractivity contribution is -0.150. The van der Waals surface area contributed by atoms with Crippen molar-refractivity contribution in [3.8, 4) is 0 Å². The number of hydrogen-bond donors (Lipinski definition) is 1. The van der Waals surface area contributed by atoms with Gasteiger partial charge in [-0.3, -0.25) is 4.79 Å². The molecule has 4 heteroatoms. The van der Waals surface area contributed by atoms with Gasteiger partial charge in [-0.15, -0.1) is 0 Å². The Morgan fingerprint density at radius 3 is 3.00 bits per heavy atom.